The summed E-state index contributed by atoms with van der Waals surface area (Å²) in [5, 5.41) is 10.2. The van der Waals surface area contributed by atoms with Crippen molar-refractivity contribution in [2.45, 2.75) is 70.8 Å². The van der Waals surface area contributed by atoms with E-state index in [1.807, 2.05) is 13.8 Å². The zero-order chi connectivity index (χ0) is 19.4. The summed E-state index contributed by atoms with van der Waals surface area (Å²) in [4.78, 5) is 21.0. The SMILES string of the molecule is CC(C)(O)[C@H]1CC[C@@H](Cc2nc(CC3CCOCC3)ncc2C(N)=O)CC1. The summed E-state index contributed by atoms with van der Waals surface area (Å²) in [6.45, 7) is 5.41. The first-order valence-electron chi connectivity index (χ1n) is 10.3. The molecule has 1 amide bonds. The number of rotatable bonds is 6. The van der Waals surface area contributed by atoms with Crippen LogP contribution in [0.5, 0.6) is 0 Å². The minimum atomic E-state index is -0.616. The molecule has 1 aromatic heterocycles. The minimum absolute atomic E-state index is 0.346. The molecule has 2 heterocycles. The molecule has 0 radical (unpaired) electrons. The molecule has 2 aliphatic rings. The molecular formula is C21H33N3O3. The van der Waals surface area contributed by atoms with Gasteiger partial charge in [0.2, 0.25) is 0 Å². The second kappa shape index (κ2) is 8.65. The van der Waals surface area contributed by atoms with Gasteiger partial charge in [0.25, 0.3) is 5.91 Å². The number of amides is 1. The van der Waals surface area contributed by atoms with Crippen LogP contribution in [0.3, 0.4) is 0 Å². The fraction of sp³-hybridized carbons (Fsp3) is 0.762. The van der Waals surface area contributed by atoms with Gasteiger partial charge in [-0.25, -0.2) is 9.97 Å². The summed E-state index contributed by atoms with van der Waals surface area (Å²) in [5.74, 6) is 1.74. The van der Waals surface area contributed by atoms with E-state index in [4.69, 9.17) is 15.5 Å². The van der Waals surface area contributed by atoms with Crippen LogP contribution < -0.4 is 5.73 Å². The van der Waals surface area contributed by atoms with Gasteiger partial charge in [0.05, 0.1) is 16.9 Å². The van der Waals surface area contributed by atoms with E-state index in [1.165, 1.54) is 0 Å². The normalized spacial score (nSPS) is 24.7. The highest BCUT2D eigenvalue weighted by molar-refractivity contribution is 5.93. The van der Waals surface area contributed by atoms with Crippen molar-refractivity contribution in [3.63, 3.8) is 0 Å². The number of aliphatic hydroxyl groups is 1. The summed E-state index contributed by atoms with van der Waals surface area (Å²) in [7, 11) is 0. The molecule has 0 bridgehead atoms. The topological polar surface area (TPSA) is 98.3 Å². The third-order valence-corrected chi connectivity index (χ3v) is 6.32. The van der Waals surface area contributed by atoms with Crippen molar-refractivity contribution in [1.29, 1.82) is 0 Å². The van der Waals surface area contributed by atoms with E-state index in [9.17, 15) is 9.90 Å². The van der Waals surface area contributed by atoms with Gasteiger partial charge >= 0.3 is 0 Å². The molecule has 6 nitrogen and oxygen atoms in total. The average molecular weight is 376 g/mol. The van der Waals surface area contributed by atoms with Crippen LogP contribution in [0.1, 0.15) is 74.2 Å². The summed E-state index contributed by atoms with van der Waals surface area (Å²) in [5.41, 5.74) is 6.20. The number of primary amides is 1. The molecule has 1 aliphatic carbocycles. The quantitative estimate of drug-likeness (QED) is 0.796. The number of carbonyl (C=O) groups excluding carboxylic acids is 1. The lowest BCUT2D eigenvalue weighted by Gasteiger charge is -2.35. The van der Waals surface area contributed by atoms with E-state index in [0.717, 1.165) is 76.1 Å². The molecule has 2 fully saturated rings. The van der Waals surface area contributed by atoms with Gasteiger partial charge in [-0.2, -0.15) is 0 Å². The Morgan fingerprint density at radius 3 is 2.37 bits per heavy atom. The predicted octanol–water partition coefficient (Wildman–Crippen LogP) is 2.66. The number of nitrogens with zero attached hydrogens (tertiary/aromatic N) is 2. The molecule has 3 N–H and O–H groups in total. The van der Waals surface area contributed by atoms with E-state index in [1.54, 1.807) is 6.20 Å². The second-order valence-electron chi connectivity index (χ2n) is 8.85. The maximum absolute atomic E-state index is 11.8. The Bertz CT molecular complexity index is 643. The number of ether oxygens (including phenoxy) is 1. The summed E-state index contributed by atoms with van der Waals surface area (Å²) in [6, 6.07) is 0. The summed E-state index contributed by atoms with van der Waals surface area (Å²) in [6.07, 6.45) is 9.41. The van der Waals surface area contributed by atoms with Gasteiger partial charge < -0.3 is 15.6 Å². The van der Waals surface area contributed by atoms with E-state index < -0.39 is 11.5 Å². The average Bonchev–Trinajstić information content (AvgIpc) is 2.62. The number of hydrogen-bond donors (Lipinski definition) is 2. The fourth-order valence-electron chi connectivity index (χ4n) is 4.47. The van der Waals surface area contributed by atoms with Crippen molar-refractivity contribution in [3.8, 4) is 0 Å². The maximum Gasteiger partial charge on any atom is 0.252 e. The van der Waals surface area contributed by atoms with Crippen LogP contribution in [0, 0.1) is 17.8 Å². The standard InChI is InChI=1S/C21H33N3O3/c1-21(2,26)16-5-3-14(4-6-16)11-18-17(20(22)25)13-23-19(24-18)12-15-7-9-27-10-8-15/h13-16,26H,3-12H2,1-2H3,(H2,22,25)/t14-,16+. The maximum atomic E-state index is 11.8. The lowest BCUT2D eigenvalue weighted by atomic mass is 9.73. The van der Waals surface area contributed by atoms with Crippen LogP contribution in [-0.4, -0.2) is 39.8 Å². The molecule has 0 atom stereocenters. The Balaban J connectivity index is 1.67. The predicted molar refractivity (Wildman–Crippen MR) is 103 cm³/mol. The van der Waals surface area contributed by atoms with Gasteiger partial charge in [0.15, 0.2) is 0 Å². The van der Waals surface area contributed by atoms with Crippen LogP contribution in [-0.2, 0) is 17.6 Å². The van der Waals surface area contributed by atoms with Gasteiger partial charge in [0, 0.05) is 25.8 Å². The van der Waals surface area contributed by atoms with E-state index in [-0.39, 0.29) is 0 Å². The van der Waals surface area contributed by atoms with E-state index >= 15 is 0 Å². The molecule has 0 unspecified atom stereocenters. The fourth-order valence-corrected chi connectivity index (χ4v) is 4.47. The molecule has 1 aliphatic heterocycles. The van der Waals surface area contributed by atoms with Crippen molar-refractivity contribution >= 4 is 5.91 Å². The van der Waals surface area contributed by atoms with Crippen LogP contribution in [0.2, 0.25) is 0 Å². The molecule has 150 valence electrons. The van der Waals surface area contributed by atoms with Gasteiger partial charge in [-0.05, 0) is 76.5 Å². The molecular weight excluding hydrogens is 342 g/mol. The smallest absolute Gasteiger partial charge is 0.252 e. The van der Waals surface area contributed by atoms with Gasteiger partial charge in [-0.15, -0.1) is 0 Å². The molecule has 1 saturated heterocycles. The van der Waals surface area contributed by atoms with Crippen molar-refractivity contribution in [3.05, 3.63) is 23.3 Å². The molecule has 27 heavy (non-hydrogen) atoms. The zero-order valence-corrected chi connectivity index (χ0v) is 16.6. The zero-order valence-electron chi connectivity index (χ0n) is 16.6. The second-order valence-corrected chi connectivity index (χ2v) is 8.85. The van der Waals surface area contributed by atoms with Crippen molar-refractivity contribution in [2.75, 3.05) is 13.2 Å². The molecule has 1 aromatic rings. The molecule has 3 rings (SSSR count). The Hall–Kier alpha value is -1.53. The van der Waals surface area contributed by atoms with Crippen LogP contribution in [0.15, 0.2) is 6.20 Å². The third-order valence-electron chi connectivity index (χ3n) is 6.32. The van der Waals surface area contributed by atoms with Crippen LogP contribution in [0.4, 0.5) is 0 Å². The largest absolute Gasteiger partial charge is 0.390 e. The van der Waals surface area contributed by atoms with Gasteiger partial charge in [-0.1, -0.05) is 0 Å². The minimum Gasteiger partial charge on any atom is -0.390 e. The Morgan fingerprint density at radius 2 is 1.78 bits per heavy atom. The highest BCUT2D eigenvalue weighted by Crippen LogP contribution is 2.36. The number of carbonyl (C=O) groups is 1. The first-order valence-corrected chi connectivity index (χ1v) is 10.3. The summed E-state index contributed by atoms with van der Waals surface area (Å²) < 4.78 is 5.42. The van der Waals surface area contributed by atoms with Gasteiger partial charge in [0.1, 0.15) is 5.82 Å². The van der Waals surface area contributed by atoms with Crippen LogP contribution >= 0.6 is 0 Å². The van der Waals surface area contributed by atoms with E-state index in [2.05, 4.69) is 4.98 Å². The Morgan fingerprint density at radius 1 is 1.15 bits per heavy atom. The highest BCUT2D eigenvalue weighted by atomic mass is 16.5. The third kappa shape index (κ3) is 5.48. The molecule has 0 aromatic carbocycles. The number of nitrogens with two attached hydrogens (primary N) is 1. The van der Waals surface area contributed by atoms with Crippen LogP contribution in [0.25, 0.3) is 0 Å². The molecule has 6 heteroatoms. The monoisotopic (exact) mass is 375 g/mol. The lowest BCUT2D eigenvalue weighted by molar-refractivity contribution is -0.00583. The van der Waals surface area contributed by atoms with Crippen molar-refractivity contribution in [1.82, 2.24) is 9.97 Å². The number of aromatic nitrogens is 2. The van der Waals surface area contributed by atoms with Gasteiger partial charge in [-0.3, -0.25) is 4.79 Å². The first kappa shape index (κ1) is 20.2. The Labute approximate surface area is 161 Å². The number of hydrogen-bond acceptors (Lipinski definition) is 5. The van der Waals surface area contributed by atoms with E-state index in [0.29, 0.717) is 23.3 Å². The van der Waals surface area contributed by atoms with Crippen molar-refractivity contribution < 1.29 is 14.6 Å². The Kier molecular flexibility index (Phi) is 6.48. The highest BCUT2D eigenvalue weighted by Gasteiger charge is 2.32. The molecule has 1 saturated carbocycles. The first-order chi connectivity index (χ1) is 12.8. The summed E-state index contributed by atoms with van der Waals surface area (Å²) >= 11 is 0. The molecule has 0 spiro atoms. The van der Waals surface area contributed by atoms with Crippen molar-refractivity contribution in [2.24, 2.45) is 23.5 Å². The lowest BCUT2D eigenvalue weighted by Crippen LogP contribution is -2.34.